The molecule has 5 nitrogen and oxygen atoms in total. The quantitative estimate of drug-likeness (QED) is 0.865. The molecule has 1 aliphatic heterocycles. The first-order valence-corrected chi connectivity index (χ1v) is 5.50. The molecule has 1 heterocycles. The van der Waals surface area contributed by atoms with Crippen LogP contribution in [-0.2, 0) is 4.79 Å². The van der Waals surface area contributed by atoms with Gasteiger partial charge in [-0.05, 0) is 15.9 Å². The first-order valence-electron chi connectivity index (χ1n) is 4.70. The van der Waals surface area contributed by atoms with E-state index in [2.05, 4.69) is 15.9 Å². The Morgan fingerprint density at radius 1 is 1.47 bits per heavy atom. The molecule has 0 saturated heterocycles. The van der Waals surface area contributed by atoms with E-state index in [0.29, 0.717) is 0 Å². The number of halogens is 2. The number of carboxylic acids is 1. The number of aliphatic carboxylic acids is 1. The fourth-order valence-electron chi connectivity index (χ4n) is 1.52. The molecule has 0 fully saturated rings. The number of rotatable bonds is 2. The van der Waals surface area contributed by atoms with Gasteiger partial charge in [0.1, 0.15) is 19.0 Å². The van der Waals surface area contributed by atoms with E-state index in [1.165, 1.54) is 6.07 Å². The maximum Gasteiger partial charge on any atom is 0.337 e. The van der Waals surface area contributed by atoms with Crippen LogP contribution < -0.4 is 9.47 Å². The van der Waals surface area contributed by atoms with Crippen molar-refractivity contribution < 1.29 is 28.9 Å². The Kier molecular flexibility index (Phi) is 3.21. The molecule has 92 valence electrons. The molecule has 1 aromatic carbocycles. The van der Waals surface area contributed by atoms with Crippen LogP contribution in [-0.4, -0.2) is 29.4 Å². The van der Waals surface area contributed by atoms with Crippen molar-refractivity contribution in [3.8, 4) is 11.5 Å². The molecule has 1 aromatic rings. The summed E-state index contributed by atoms with van der Waals surface area (Å²) >= 11 is 2.93. The van der Waals surface area contributed by atoms with Crippen molar-refractivity contribution in [2.75, 3.05) is 13.2 Å². The lowest BCUT2D eigenvalue weighted by molar-refractivity contribution is -0.147. The molecule has 17 heavy (non-hydrogen) atoms. The molecule has 0 radical (unpaired) electrons. The van der Waals surface area contributed by atoms with Gasteiger partial charge in [-0.1, -0.05) is 0 Å². The smallest absolute Gasteiger partial charge is 0.337 e. The largest absolute Gasteiger partial charge is 0.486 e. The van der Waals surface area contributed by atoms with E-state index in [-0.39, 0.29) is 29.2 Å². The van der Waals surface area contributed by atoms with E-state index >= 15 is 0 Å². The number of benzene rings is 1. The Hall–Kier alpha value is -1.34. The van der Waals surface area contributed by atoms with Gasteiger partial charge in [0.25, 0.3) is 0 Å². The first kappa shape index (κ1) is 12.1. The average Bonchev–Trinajstić information content (AvgIpc) is 2.30. The fourth-order valence-corrected chi connectivity index (χ4v) is 1.95. The van der Waals surface area contributed by atoms with Gasteiger partial charge in [0.15, 0.2) is 17.6 Å². The fraction of sp³-hybridized carbons (Fsp3) is 0.300. The predicted molar refractivity (Wildman–Crippen MR) is 57.7 cm³/mol. The highest BCUT2D eigenvalue weighted by Gasteiger charge is 2.30. The lowest BCUT2D eigenvalue weighted by atomic mass is 10.1. The van der Waals surface area contributed by atoms with Crippen molar-refractivity contribution in [3.63, 3.8) is 0 Å². The summed E-state index contributed by atoms with van der Waals surface area (Å²) in [5.74, 6) is -2.28. The number of carbonyl (C=O) groups is 1. The van der Waals surface area contributed by atoms with Crippen LogP contribution in [0.5, 0.6) is 11.5 Å². The molecule has 0 bridgehead atoms. The third-order valence-corrected chi connectivity index (χ3v) is 2.84. The second kappa shape index (κ2) is 4.50. The zero-order chi connectivity index (χ0) is 12.6. The molecular weight excluding hydrogens is 299 g/mol. The number of hydrogen-bond acceptors (Lipinski definition) is 4. The highest BCUT2D eigenvalue weighted by molar-refractivity contribution is 9.10. The number of carboxylic acid groups (broad SMARTS) is 1. The number of ether oxygens (including phenoxy) is 2. The van der Waals surface area contributed by atoms with Gasteiger partial charge >= 0.3 is 5.97 Å². The van der Waals surface area contributed by atoms with E-state index < -0.39 is 23.5 Å². The van der Waals surface area contributed by atoms with E-state index in [1.807, 2.05) is 0 Å². The van der Waals surface area contributed by atoms with Crippen LogP contribution in [0.4, 0.5) is 4.39 Å². The third kappa shape index (κ3) is 2.07. The summed E-state index contributed by atoms with van der Waals surface area (Å²) in [7, 11) is 0. The minimum Gasteiger partial charge on any atom is -0.486 e. The summed E-state index contributed by atoms with van der Waals surface area (Å²) in [6.07, 6.45) is -2.00. The van der Waals surface area contributed by atoms with E-state index in [9.17, 15) is 14.3 Å². The minimum atomic E-state index is -2.00. The maximum atomic E-state index is 13.8. The molecule has 1 aliphatic rings. The lowest BCUT2D eigenvalue weighted by Crippen LogP contribution is -2.21. The summed E-state index contributed by atoms with van der Waals surface area (Å²) < 4.78 is 24.2. The van der Waals surface area contributed by atoms with Gasteiger partial charge in [-0.2, -0.15) is 0 Å². The molecule has 1 unspecified atom stereocenters. The standard InChI is InChI=1S/C10H8BrFO5/c11-4-3-5-9(17-2-1-16-5)6(7(4)12)8(13)10(14)15/h3,8,13H,1-2H2,(H,14,15). The molecule has 2 rings (SSSR count). The van der Waals surface area contributed by atoms with E-state index in [4.69, 9.17) is 14.6 Å². The molecule has 1 atom stereocenters. The number of aliphatic hydroxyl groups is 1. The summed E-state index contributed by atoms with van der Waals surface area (Å²) in [5, 5.41) is 18.2. The number of aliphatic hydroxyl groups excluding tert-OH is 1. The van der Waals surface area contributed by atoms with Gasteiger partial charge in [0.05, 0.1) is 10.0 Å². The number of hydrogen-bond donors (Lipinski definition) is 2. The summed E-state index contributed by atoms with van der Waals surface area (Å²) in [6, 6.07) is 1.34. The Labute approximate surface area is 104 Å². The second-order valence-corrected chi connectivity index (χ2v) is 4.21. The van der Waals surface area contributed by atoms with E-state index in [1.54, 1.807) is 0 Å². The normalized spacial score (nSPS) is 15.5. The van der Waals surface area contributed by atoms with Crippen molar-refractivity contribution in [1.29, 1.82) is 0 Å². The average molecular weight is 307 g/mol. The van der Waals surface area contributed by atoms with Gasteiger partial charge in [-0.15, -0.1) is 0 Å². The Bertz CT molecular complexity index is 476. The Balaban J connectivity index is 2.62. The van der Waals surface area contributed by atoms with Crippen molar-refractivity contribution in [2.45, 2.75) is 6.10 Å². The van der Waals surface area contributed by atoms with Gasteiger partial charge in [0, 0.05) is 6.07 Å². The van der Waals surface area contributed by atoms with Crippen LogP contribution in [0.2, 0.25) is 0 Å². The summed E-state index contributed by atoms with van der Waals surface area (Å²) in [4.78, 5) is 10.7. The van der Waals surface area contributed by atoms with Gasteiger partial charge in [-0.25, -0.2) is 9.18 Å². The molecule has 7 heteroatoms. The van der Waals surface area contributed by atoms with Crippen LogP contribution >= 0.6 is 15.9 Å². The van der Waals surface area contributed by atoms with Crippen molar-refractivity contribution >= 4 is 21.9 Å². The molecule has 0 saturated carbocycles. The van der Waals surface area contributed by atoms with Crippen molar-refractivity contribution in [3.05, 3.63) is 21.9 Å². The molecule has 0 amide bonds. The zero-order valence-electron chi connectivity index (χ0n) is 8.44. The second-order valence-electron chi connectivity index (χ2n) is 3.35. The summed E-state index contributed by atoms with van der Waals surface area (Å²) in [6.45, 7) is 0.459. The van der Waals surface area contributed by atoms with Crippen molar-refractivity contribution in [1.82, 2.24) is 0 Å². The van der Waals surface area contributed by atoms with Crippen LogP contribution in [0.25, 0.3) is 0 Å². The summed E-state index contributed by atoms with van der Waals surface area (Å²) in [5.41, 5.74) is -0.429. The zero-order valence-corrected chi connectivity index (χ0v) is 10.0. The highest BCUT2D eigenvalue weighted by Crippen LogP contribution is 2.42. The molecule has 0 aliphatic carbocycles. The molecule has 2 N–H and O–H groups in total. The lowest BCUT2D eigenvalue weighted by Gasteiger charge is -2.23. The predicted octanol–water partition coefficient (Wildman–Crippen LogP) is 1.48. The maximum absolute atomic E-state index is 13.8. The highest BCUT2D eigenvalue weighted by atomic mass is 79.9. The van der Waals surface area contributed by atoms with Crippen LogP contribution in [0.15, 0.2) is 10.5 Å². The monoisotopic (exact) mass is 306 g/mol. The third-order valence-electron chi connectivity index (χ3n) is 2.27. The SMILES string of the molecule is O=C(O)C(O)c1c(F)c(Br)cc2c1OCCO2. The Morgan fingerprint density at radius 2 is 2.12 bits per heavy atom. The van der Waals surface area contributed by atoms with Crippen LogP contribution in [0.1, 0.15) is 11.7 Å². The molecule has 0 spiro atoms. The Morgan fingerprint density at radius 3 is 2.76 bits per heavy atom. The van der Waals surface area contributed by atoms with Crippen molar-refractivity contribution in [2.24, 2.45) is 0 Å². The van der Waals surface area contributed by atoms with E-state index in [0.717, 1.165) is 0 Å². The molecule has 0 aromatic heterocycles. The topological polar surface area (TPSA) is 76.0 Å². The molecular formula is C10H8BrFO5. The van der Waals surface area contributed by atoms with Gasteiger partial charge in [0.2, 0.25) is 0 Å². The van der Waals surface area contributed by atoms with Gasteiger partial charge in [-0.3, -0.25) is 0 Å². The van der Waals surface area contributed by atoms with Crippen LogP contribution in [0.3, 0.4) is 0 Å². The minimum absolute atomic E-state index is 0.0112. The number of fused-ring (bicyclic) bond motifs is 1. The first-order chi connectivity index (χ1) is 8.02. The van der Waals surface area contributed by atoms with Crippen LogP contribution in [0, 0.1) is 5.82 Å². The van der Waals surface area contributed by atoms with Gasteiger partial charge < -0.3 is 19.7 Å².